The molecule has 0 radical (unpaired) electrons. The molecule has 1 aromatic heterocycles. The number of hydrogen-bond acceptors (Lipinski definition) is 3. The van der Waals surface area contributed by atoms with Gasteiger partial charge >= 0.3 is 0 Å². The Kier molecular flexibility index (Phi) is 3.61. The Labute approximate surface area is 133 Å². The minimum Gasteiger partial charge on any atom is -0.286 e. The summed E-state index contributed by atoms with van der Waals surface area (Å²) < 4.78 is 0. The van der Waals surface area contributed by atoms with Crippen LogP contribution in [-0.4, -0.2) is 23.0 Å². The molecule has 0 N–H and O–H groups in total. The maximum Gasteiger partial charge on any atom is 0.276 e. The van der Waals surface area contributed by atoms with Crippen LogP contribution in [0.25, 0.3) is 6.08 Å². The fourth-order valence-corrected chi connectivity index (χ4v) is 3.12. The highest BCUT2D eigenvalue weighted by atomic mass is 32.1. The predicted molar refractivity (Wildman–Crippen MR) is 91.3 cm³/mol. The van der Waals surface area contributed by atoms with Gasteiger partial charge < -0.3 is 0 Å². The van der Waals surface area contributed by atoms with Gasteiger partial charge in [0.2, 0.25) is 0 Å². The normalized spacial score (nSPS) is 17.1. The fraction of sp³-hybridized carbons (Fsp3) is 0.125. The van der Waals surface area contributed by atoms with Crippen LogP contribution in [0.4, 0.5) is 5.69 Å². The molecule has 2 aromatic rings. The summed E-state index contributed by atoms with van der Waals surface area (Å²) in [6.45, 7) is 2.03. The van der Waals surface area contributed by atoms with E-state index >= 15 is 0 Å². The minimum atomic E-state index is -0.0750. The van der Waals surface area contributed by atoms with E-state index in [1.54, 1.807) is 18.4 Å². The number of benzene rings is 1. The summed E-state index contributed by atoms with van der Waals surface area (Å²) in [4.78, 5) is 16.8. The molecule has 0 atom stereocenters. The van der Waals surface area contributed by atoms with Crippen LogP contribution >= 0.6 is 23.6 Å². The quantitative estimate of drug-likeness (QED) is 0.624. The van der Waals surface area contributed by atoms with E-state index < -0.39 is 0 Å². The number of thiocarbonyl (C=S) groups is 1. The molecule has 5 heteroatoms. The van der Waals surface area contributed by atoms with Crippen molar-refractivity contribution in [1.29, 1.82) is 0 Å². The molecule has 0 bridgehead atoms. The lowest BCUT2D eigenvalue weighted by Crippen LogP contribution is -2.29. The third-order valence-corrected chi connectivity index (χ3v) is 4.63. The van der Waals surface area contributed by atoms with Crippen LogP contribution in [0.15, 0.2) is 47.5 Å². The molecule has 0 spiro atoms. The Morgan fingerprint density at radius 3 is 2.52 bits per heavy atom. The average Bonchev–Trinajstić information content (AvgIpc) is 3.05. The summed E-state index contributed by atoms with van der Waals surface area (Å²) in [5.74, 6) is -0.0750. The van der Waals surface area contributed by atoms with Crippen molar-refractivity contribution in [3.63, 3.8) is 0 Å². The largest absolute Gasteiger partial charge is 0.286 e. The molecule has 1 aliphatic heterocycles. The molecule has 0 aliphatic carbocycles. The minimum absolute atomic E-state index is 0.0750. The number of carbonyl (C=O) groups excluding carboxylic acids is 1. The van der Waals surface area contributed by atoms with Crippen LogP contribution in [0.5, 0.6) is 0 Å². The van der Waals surface area contributed by atoms with Gasteiger partial charge in [0.15, 0.2) is 5.11 Å². The standard InChI is InChI=1S/C16H14N2OS2/c1-11-5-7-12(8-6-11)18-14(10-13-4-3-9-21-13)15(19)17(2)16(18)20/h3-10H,1-2H3. The SMILES string of the molecule is Cc1ccc(N2C(=S)N(C)C(=O)C2=Cc2cccs2)cc1. The second-order valence-corrected chi connectivity index (χ2v) is 6.21. The summed E-state index contributed by atoms with van der Waals surface area (Å²) in [6.07, 6.45) is 1.89. The van der Waals surface area contributed by atoms with Crippen molar-refractivity contribution in [1.82, 2.24) is 4.90 Å². The molecule has 1 aromatic carbocycles. The molecular weight excluding hydrogens is 300 g/mol. The lowest BCUT2D eigenvalue weighted by Gasteiger charge is -2.18. The summed E-state index contributed by atoms with van der Waals surface area (Å²) in [5.41, 5.74) is 2.67. The highest BCUT2D eigenvalue weighted by Gasteiger charge is 2.36. The van der Waals surface area contributed by atoms with Gasteiger partial charge in [0.25, 0.3) is 5.91 Å². The first-order chi connectivity index (χ1) is 10.1. The topological polar surface area (TPSA) is 23.6 Å². The Bertz CT molecular complexity index is 717. The summed E-state index contributed by atoms with van der Waals surface area (Å²) in [6, 6.07) is 12.0. The van der Waals surface area contributed by atoms with Gasteiger partial charge in [-0.15, -0.1) is 11.3 Å². The Morgan fingerprint density at radius 2 is 1.90 bits per heavy atom. The maximum absolute atomic E-state index is 12.4. The van der Waals surface area contributed by atoms with E-state index in [1.807, 2.05) is 59.7 Å². The van der Waals surface area contributed by atoms with Gasteiger partial charge in [-0.2, -0.15) is 0 Å². The zero-order valence-electron chi connectivity index (χ0n) is 11.7. The molecule has 106 valence electrons. The predicted octanol–water partition coefficient (Wildman–Crippen LogP) is 3.66. The van der Waals surface area contributed by atoms with Gasteiger partial charge in [0, 0.05) is 17.6 Å². The van der Waals surface area contributed by atoms with Gasteiger partial charge in [-0.05, 0) is 48.8 Å². The molecular formula is C16H14N2OS2. The van der Waals surface area contributed by atoms with Crippen LogP contribution in [0, 0.1) is 6.92 Å². The van der Waals surface area contributed by atoms with Crippen molar-refractivity contribution in [3.8, 4) is 0 Å². The van der Waals surface area contributed by atoms with Crippen LogP contribution in [-0.2, 0) is 4.79 Å². The van der Waals surface area contributed by atoms with Crippen molar-refractivity contribution in [2.45, 2.75) is 6.92 Å². The fourth-order valence-electron chi connectivity index (χ4n) is 2.19. The van der Waals surface area contributed by atoms with Crippen LogP contribution in [0.3, 0.4) is 0 Å². The van der Waals surface area contributed by atoms with E-state index in [0.717, 1.165) is 10.6 Å². The molecule has 0 unspecified atom stereocenters. The number of anilines is 1. The Balaban J connectivity index is 2.08. The number of nitrogens with zero attached hydrogens (tertiary/aromatic N) is 2. The highest BCUT2D eigenvalue weighted by Crippen LogP contribution is 2.30. The van der Waals surface area contributed by atoms with Crippen molar-refractivity contribution in [2.24, 2.45) is 0 Å². The van der Waals surface area contributed by atoms with Crippen molar-refractivity contribution >= 4 is 46.3 Å². The molecule has 3 rings (SSSR count). The number of carbonyl (C=O) groups is 1. The lowest BCUT2D eigenvalue weighted by atomic mass is 10.2. The number of thiophene rings is 1. The lowest BCUT2D eigenvalue weighted by molar-refractivity contribution is -0.121. The summed E-state index contributed by atoms with van der Waals surface area (Å²) in [7, 11) is 1.71. The second kappa shape index (κ2) is 5.42. The van der Waals surface area contributed by atoms with Gasteiger partial charge in [0.1, 0.15) is 5.70 Å². The third-order valence-electron chi connectivity index (χ3n) is 3.36. The highest BCUT2D eigenvalue weighted by molar-refractivity contribution is 7.80. The third kappa shape index (κ3) is 2.50. The second-order valence-electron chi connectivity index (χ2n) is 4.86. The maximum atomic E-state index is 12.4. The average molecular weight is 314 g/mol. The molecule has 1 fully saturated rings. The van der Waals surface area contributed by atoms with E-state index in [9.17, 15) is 4.79 Å². The summed E-state index contributed by atoms with van der Waals surface area (Å²) in [5, 5.41) is 2.50. The van der Waals surface area contributed by atoms with Crippen molar-refractivity contribution in [2.75, 3.05) is 11.9 Å². The van der Waals surface area contributed by atoms with Crippen LogP contribution < -0.4 is 4.90 Å². The van der Waals surface area contributed by atoms with Gasteiger partial charge in [0.05, 0.1) is 0 Å². The first-order valence-corrected chi connectivity index (χ1v) is 7.81. The van der Waals surface area contributed by atoms with E-state index in [4.69, 9.17) is 12.2 Å². The number of rotatable bonds is 2. The number of aryl methyl sites for hydroxylation is 1. The molecule has 2 heterocycles. The monoisotopic (exact) mass is 314 g/mol. The van der Waals surface area contributed by atoms with Crippen molar-refractivity contribution < 1.29 is 4.79 Å². The first-order valence-electron chi connectivity index (χ1n) is 6.52. The van der Waals surface area contributed by atoms with Gasteiger partial charge in [-0.1, -0.05) is 23.8 Å². The number of likely N-dealkylation sites (N-methyl/N-ethyl adjacent to an activating group) is 1. The zero-order valence-corrected chi connectivity index (χ0v) is 13.4. The Morgan fingerprint density at radius 1 is 1.19 bits per heavy atom. The summed E-state index contributed by atoms with van der Waals surface area (Å²) >= 11 is 7.02. The van der Waals surface area contributed by atoms with E-state index in [2.05, 4.69) is 0 Å². The van der Waals surface area contributed by atoms with E-state index in [-0.39, 0.29) is 5.91 Å². The molecule has 0 saturated carbocycles. The molecule has 21 heavy (non-hydrogen) atoms. The molecule has 1 saturated heterocycles. The molecule has 1 amide bonds. The molecule has 3 nitrogen and oxygen atoms in total. The number of hydrogen-bond donors (Lipinski definition) is 0. The van der Waals surface area contributed by atoms with E-state index in [0.29, 0.717) is 10.8 Å². The van der Waals surface area contributed by atoms with Gasteiger partial charge in [-0.25, -0.2) is 0 Å². The smallest absolute Gasteiger partial charge is 0.276 e. The number of amides is 1. The molecule has 1 aliphatic rings. The Hall–Kier alpha value is -1.98. The van der Waals surface area contributed by atoms with Crippen molar-refractivity contribution in [3.05, 3.63) is 57.9 Å². The first kappa shape index (κ1) is 14.0. The van der Waals surface area contributed by atoms with Crippen LogP contribution in [0.2, 0.25) is 0 Å². The van der Waals surface area contributed by atoms with E-state index in [1.165, 1.54) is 10.5 Å². The van der Waals surface area contributed by atoms with Crippen LogP contribution in [0.1, 0.15) is 10.4 Å². The zero-order chi connectivity index (χ0) is 15.0. The van der Waals surface area contributed by atoms with Gasteiger partial charge in [-0.3, -0.25) is 14.6 Å².